The van der Waals surface area contributed by atoms with Gasteiger partial charge in [-0.3, -0.25) is 4.99 Å². The number of hydrogen-bond acceptors (Lipinski definition) is 3. The molecular weight excluding hydrogens is 488 g/mol. The fourth-order valence-electron chi connectivity index (χ4n) is 3.14. The molecule has 1 aliphatic rings. The fourth-order valence-corrected chi connectivity index (χ4v) is 3.91. The molecule has 1 saturated heterocycles. The highest BCUT2D eigenvalue weighted by Gasteiger charge is 2.34. The lowest BCUT2D eigenvalue weighted by Gasteiger charge is -2.28. The Hall–Kier alpha value is -0.280. The van der Waals surface area contributed by atoms with Crippen molar-refractivity contribution in [2.75, 3.05) is 40.0 Å². The largest absolute Gasteiger partial charge is 0.396 e. The molecule has 1 heterocycles. The van der Waals surface area contributed by atoms with Crippen molar-refractivity contribution in [3.8, 4) is 0 Å². The van der Waals surface area contributed by atoms with Crippen LogP contribution in [0, 0.1) is 5.41 Å². The summed E-state index contributed by atoms with van der Waals surface area (Å²) >= 11 is 12.6. The smallest absolute Gasteiger partial charge is 0.191 e. The number of nitrogens with zero attached hydrogens (tertiary/aromatic N) is 1. The average Bonchev–Trinajstić information content (AvgIpc) is 3.04. The van der Waals surface area contributed by atoms with Crippen LogP contribution in [0.3, 0.4) is 0 Å². The molecule has 1 fully saturated rings. The molecule has 2 rings (SSSR count). The third-order valence-corrected chi connectivity index (χ3v) is 5.41. The summed E-state index contributed by atoms with van der Waals surface area (Å²) in [7, 11) is 1.74. The Morgan fingerprint density at radius 3 is 2.58 bits per heavy atom. The first-order valence-electron chi connectivity index (χ1n) is 8.58. The standard InChI is InChI=1S/C18H27Cl2N3O2.HI/c1-13(16-14(19)4-3-5-15(16)20)10-22-17(21-2)23-11-18(6-8-24)7-9-25-12-18;/h3-5,13,24H,6-12H2,1-2H3,(H2,21,22,23);1H. The van der Waals surface area contributed by atoms with Crippen molar-refractivity contribution in [2.45, 2.75) is 25.7 Å². The third kappa shape index (κ3) is 6.41. The van der Waals surface area contributed by atoms with E-state index >= 15 is 0 Å². The normalized spacial score (nSPS) is 21.2. The van der Waals surface area contributed by atoms with Crippen LogP contribution in [0.2, 0.25) is 10.0 Å². The van der Waals surface area contributed by atoms with E-state index in [0.29, 0.717) is 29.7 Å². The Morgan fingerprint density at radius 2 is 2.04 bits per heavy atom. The molecule has 8 heteroatoms. The highest BCUT2D eigenvalue weighted by molar-refractivity contribution is 14.0. The van der Waals surface area contributed by atoms with Crippen LogP contribution >= 0.6 is 47.2 Å². The summed E-state index contributed by atoms with van der Waals surface area (Å²) in [6.07, 6.45) is 1.67. The molecule has 26 heavy (non-hydrogen) atoms. The molecule has 148 valence electrons. The van der Waals surface area contributed by atoms with Gasteiger partial charge in [0, 0.05) is 54.7 Å². The van der Waals surface area contributed by atoms with Gasteiger partial charge in [0.2, 0.25) is 0 Å². The predicted octanol–water partition coefficient (Wildman–Crippen LogP) is 3.67. The summed E-state index contributed by atoms with van der Waals surface area (Å²) in [4.78, 5) is 4.28. The first kappa shape index (κ1) is 23.8. The van der Waals surface area contributed by atoms with Crippen molar-refractivity contribution in [3.63, 3.8) is 0 Å². The molecule has 0 spiro atoms. The van der Waals surface area contributed by atoms with Gasteiger partial charge >= 0.3 is 0 Å². The second-order valence-corrected chi connectivity index (χ2v) is 7.43. The molecule has 2 unspecified atom stereocenters. The molecule has 5 nitrogen and oxygen atoms in total. The van der Waals surface area contributed by atoms with Crippen LogP contribution in [-0.4, -0.2) is 51.0 Å². The summed E-state index contributed by atoms with van der Waals surface area (Å²) < 4.78 is 5.52. The zero-order chi connectivity index (χ0) is 18.3. The molecule has 0 radical (unpaired) electrons. The number of nitrogens with one attached hydrogen (secondary N) is 2. The first-order valence-corrected chi connectivity index (χ1v) is 9.34. The van der Waals surface area contributed by atoms with E-state index in [2.05, 4.69) is 22.5 Å². The lowest BCUT2D eigenvalue weighted by atomic mass is 9.84. The van der Waals surface area contributed by atoms with Crippen molar-refractivity contribution in [3.05, 3.63) is 33.8 Å². The minimum atomic E-state index is -0.0238. The SMILES string of the molecule is CN=C(NCC(C)c1c(Cl)cccc1Cl)NCC1(CCO)CCOC1.I. The van der Waals surface area contributed by atoms with Gasteiger partial charge in [0.15, 0.2) is 5.96 Å². The summed E-state index contributed by atoms with van der Waals surface area (Å²) in [5, 5.41) is 17.3. The summed E-state index contributed by atoms with van der Waals surface area (Å²) in [5.74, 6) is 0.861. The lowest BCUT2D eigenvalue weighted by molar-refractivity contribution is 0.127. The van der Waals surface area contributed by atoms with E-state index in [9.17, 15) is 5.11 Å². The Morgan fingerprint density at radius 1 is 1.35 bits per heavy atom. The summed E-state index contributed by atoms with van der Waals surface area (Å²) in [6, 6.07) is 5.55. The Bertz CT molecular complexity index is 576. The first-order chi connectivity index (χ1) is 12.0. The number of benzene rings is 1. The third-order valence-electron chi connectivity index (χ3n) is 4.75. The highest BCUT2D eigenvalue weighted by atomic mass is 127. The number of hydrogen-bond donors (Lipinski definition) is 3. The van der Waals surface area contributed by atoms with Crippen LogP contribution in [0.15, 0.2) is 23.2 Å². The van der Waals surface area contributed by atoms with E-state index in [1.165, 1.54) is 0 Å². The quantitative estimate of drug-likeness (QED) is 0.294. The van der Waals surface area contributed by atoms with Crippen LogP contribution in [0.4, 0.5) is 0 Å². The summed E-state index contributed by atoms with van der Waals surface area (Å²) in [6.45, 7) is 5.03. The van der Waals surface area contributed by atoms with Crippen LogP contribution in [-0.2, 0) is 4.74 Å². The maximum atomic E-state index is 9.31. The Labute approximate surface area is 182 Å². The van der Waals surface area contributed by atoms with E-state index < -0.39 is 0 Å². The molecule has 2 atom stereocenters. The van der Waals surface area contributed by atoms with Gasteiger partial charge in [-0.05, 0) is 30.5 Å². The van der Waals surface area contributed by atoms with Crippen LogP contribution < -0.4 is 10.6 Å². The van der Waals surface area contributed by atoms with Crippen molar-refractivity contribution < 1.29 is 9.84 Å². The van der Waals surface area contributed by atoms with E-state index in [1.54, 1.807) is 7.05 Å². The van der Waals surface area contributed by atoms with Gasteiger partial charge < -0.3 is 20.5 Å². The number of aliphatic hydroxyl groups is 1. The van der Waals surface area contributed by atoms with E-state index in [1.807, 2.05) is 18.2 Å². The number of aliphatic imine (C=N–C) groups is 1. The Kier molecular flexibility index (Phi) is 10.5. The minimum absolute atomic E-state index is 0. The van der Waals surface area contributed by atoms with Gasteiger partial charge in [-0.15, -0.1) is 24.0 Å². The monoisotopic (exact) mass is 515 g/mol. The van der Waals surface area contributed by atoms with E-state index in [-0.39, 0.29) is 41.9 Å². The lowest BCUT2D eigenvalue weighted by Crippen LogP contribution is -2.45. The highest BCUT2D eigenvalue weighted by Crippen LogP contribution is 2.32. The molecular formula is C18H28Cl2IN3O2. The van der Waals surface area contributed by atoms with Crippen molar-refractivity contribution in [2.24, 2.45) is 10.4 Å². The molecule has 0 aromatic heterocycles. The molecule has 0 amide bonds. The van der Waals surface area contributed by atoms with Gasteiger partial charge in [-0.25, -0.2) is 0 Å². The van der Waals surface area contributed by atoms with Crippen LogP contribution in [0.25, 0.3) is 0 Å². The topological polar surface area (TPSA) is 65.9 Å². The van der Waals surface area contributed by atoms with Gasteiger partial charge in [0.05, 0.1) is 6.61 Å². The second kappa shape index (κ2) is 11.5. The second-order valence-electron chi connectivity index (χ2n) is 6.62. The van der Waals surface area contributed by atoms with E-state index in [0.717, 1.165) is 31.0 Å². The maximum Gasteiger partial charge on any atom is 0.191 e. The van der Waals surface area contributed by atoms with Crippen LogP contribution in [0.5, 0.6) is 0 Å². The molecule has 0 bridgehead atoms. The molecule has 0 saturated carbocycles. The van der Waals surface area contributed by atoms with Crippen molar-refractivity contribution in [1.82, 2.24) is 10.6 Å². The zero-order valence-electron chi connectivity index (χ0n) is 15.2. The number of guanidine groups is 1. The Balaban J connectivity index is 0.00000338. The van der Waals surface area contributed by atoms with Crippen LogP contribution in [0.1, 0.15) is 31.2 Å². The van der Waals surface area contributed by atoms with Gasteiger partial charge in [-0.2, -0.15) is 0 Å². The van der Waals surface area contributed by atoms with Gasteiger partial charge in [0.25, 0.3) is 0 Å². The fraction of sp³-hybridized carbons (Fsp3) is 0.611. The number of aliphatic hydroxyl groups excluding tert-OH is 1. The zero-order valence-corrected chi connectivity index (χ0v) is 19.1. The molecule has 1 aromatic carbocycles. The number of halogens is 3. The van der Waals surface area contributed by atoms with Crippen molar-refractivity contribution in [1.29, 1.82) is 0 Å². The average molecular weight is 516 g/mol. The minimum Gasteiger partial charge on any atom is -0.396 e. The van der Waals surface area contributed by atoms with E-state index in [4.69, 9.17) is 27.9 Å². The summed E-state index contributed by atoms with van der Waals surface area (Å²) in [5.41, 5.74) is 0.916. The molecule has 1 aliphatic heterocycles. The van der Waals surface area contributed by atoms with Gasteiger partial charge in [0.1, 0.15) is 0 Å². The molecule has 3 N–H and O–H groups in total. The number of rotatable bonds is 7. The van der Waals surface area contributed by atoms with Crippen molar-refractivity contribution >= 4 is 53.1 Å². The predicted molar refractivity (Wildman–Crippen MR) is 119 cm³/mol. The van der Waals surface area contributed by atoms with Gasteiger partial charge in [-0.1, -0.05) is 36.2 Å². The molecule has 0 aliphatic carbocycles. The maximum absolute atomic E-state index is 9.31. The molecule has 1 aromatic rings. The number of ether oxygens (including phenoxy) is 1.